The Kier molecular flexibility index (Phi) is 5.96. The first kappa shape index (κ1) is 15.8. The van der Waals surface area contributed by atoms with Crippen LogP contribution in [0.2, 0.25) is 0 Å². The number of hydrogen-bond acceptors (Lipinski definition) is 1. The fourth-order valence-electron chi connectivity index (χ4n) is 1.54. The Morgan fingerprint density at radius 3 is 2.50 bits per heavy atom. The zero-order chi connectivity index (χ0) is 13.8. The molecule has 1 amide bonds. The summed E-state index contributed by atoms with van der Waals surface area (Å²) in [6.07, 6.45) is 0.693. The van der Waals surface area contributed by atoms with Crippen LogP contribution in [0.4, 0.5) is 0 Å². The van der Waals surface area contributed by atoms with E-state index >= 15 is 0 Å². The number of halogens is 3. The van der Waals surface area contributed by atoms with E-state index in [9.17, 15) is 4.79 Å². The number of carbonyl (C=O) groups is 1. The first-order valence-electron chi connectivity index (χ1n) is 5.69. The molecule has 18 heavy (non-hydrogen) atoms. The van der Waals surface area contributed by atoms with Gasteiger partial charge in [-0.15, -0.1) is 23.2 Å². The van der Waals surface area contributed by atoms with Gasteiger partial charge in [0, 0.05) is 21.8 Å². The molecule has 1 aromatic carbocycles. The number of amides is 1. The standard InChI is InChI=1S/C13H16BrCl2NO/c1-3-13(7-15,8-16)17-12(18)10-5-4-6-11(14)9(10)2/h4-6H,3,7-8H2,1-2H3,(H,17,18). The van der Waals surface area contributed by atoms with Gasteiger partial charge in [-0.25, -0.2) is 0 Å². The minimum absolute atomic E-state index is 0.142. The molecule has 2 nitrogen and oxygen atoms in total. The van der Waals surface area contributed by atoms with Crippen LogP contribution >= 0.6 is 39.1 Å². The highest BCUT2D eigenvalue weighted by atomic mass is 79.9. The molecular weight excluding hydrogens is 337 g/mol. The Labute approximate surface area is 126 Å². The molecule has 1 rings (SSSR count). The second-order valence-corrected chi connectivity index (χ2v) is 5.66. The van der Waals surface area contributed by atoms with Gasteiger partial charge in [-0.2, -0.15) is 0 Å². The molecule has 0 aliphatic carbocycles. The molecule has 0 bridgehead atoms. The second-order valence-electron chi connectivity index (χ2n) is 4.27. The van der Waals surface area contributed by atoms with Crippen LogP contribution in [0.3, 0.4) is 0 Å². The third kappa shape index (κ3) is 3.40. The van der Waals surface area contributed by atoms with Crippen LogP contribution in [0, 0.1) is 6.92 Å². The van der Waals surface area contributed by atoms with Crippen LogP contribution in [0.1, 0.15) is 29.3 Å². The average Bonchev–Trinajstić information content (AvgIpc) is 2.39. The van der Waals surface area contributed by atoms with Crippen molar-refractivity contribution < 1.29 is 4.79 Å². The summed E-state index contributed by atoms with van der Waals surface area (Å²) in [4.78, 5) is 12.3. The molecule has 0 radical (unpaired) electrons. The highest BCUT2D eigenvalue weighted by Crippen LogP contribution is 2.21. The van der Waals surface area contributed by atoms with Crippen LogP contribution in [0.25, 0.3) is 0 Å². The molecule has 1 N–H and O–H groups in total. The van der Waals surface area contributed by atoms with Crippen molar-refractivity contribution in [3.8, 4) is 0 Å². The molecule has 0 heterocycles. The van der Waals surface area contributed by atoms with Gasteiger partial charge < -0.3 is 5.32 Å². The maximum absolute atomic E-state index is 12.3. The van der Waals surface area contributed by atoms with E-state index in [-0.39, 0.29) is 5.91 Å². The highest BCUT2D eigenvalue weighted by molar-refractivity contribution is 9.10. The fraction of sp³-hybridized carbons (Fsp3) is 0.462. The van der Waals surface area contributed by atoms with Crippen molar-refractivity contribution in [1.82, 2.24) is 5.32 Å². The molecule has 0 fully saturated rings. The van der Waals surface area contributed by atoms with Crippen LogP contribution in [0.15, 0.2) is 22.7 Å². The van der Waals surface area contributed by atoms with E-state index in [4.69, 9.17) is 23.2 Å². The minimum atomic E-state index is -0.547. The first-order valence-corrected chi connectivity index (χ1v) is 7.55. The number of carbonyl (C=O) groups excluding carboxylic acids is 1. The number of nitrogens with one attached hydrogen (secondary N) is 1. The summed E-state index contributed by atoms with van der Waals surface area (Å²) in [7, 11) is 0. The molecular formula is C13H16BrCl2NO. The maximum Gasteiger partial charge on any atom is 0.252 e. The summed E-state index contributed by atoms with van der Waals surface area (Å²) in [6, 6.07) is 5.53. The van der Waals surface area contributed by atoms with Crippen molar-refractivity contribution in [2.75, 3.05) is 11.8 Å². The molecule has 0 atom stereocenters. The molecule has 0 spiro atoms. The highest BCUT2D eigenvalue weighted by Gasteiger charge is 2.29. The topological polar surface area (TPSA) is 29.1 Å². The zero-order valence-corrected chi connectivity index (χ0v) is 13.5. The lowest BCUT2D eigenvalue weighted by Gasteiger charge is -2.29. The van der Waals surface area contributed by atoms with Gasteiger partial charge in [0.1, 0.15) is 0 Å². The molecule has 0 unspecified atom stereocenters. The molecule has 0 aliphatic rings. The van der Waals surface area contributed by atoms with Crippen molar-refractivity contribution >= 4 is 45.0 Å². The second kappa shape index (κ2) is 6.78. The number of hydrogen-bond donors (Lipinski definition) is 1. The Morgan fingerprint density at radius 2 is 2.00 bits per heavy atom. The lowest BCUT2D eigenvalue weighted by Crippen LogP contribution is -2.51. The SMILES string of the molecule is CCC(CCl)(CCl)NC(=O)c1cccc(Br)c1C. The van der Waals surface area contributed by atoms with Crippen molar-refractivity contribution in [3.05, 3.63) is 33.8 Å². The molecule has 0 saturated heterocycles. The quantitative estimate of drug-likeness (QED) is 0.793. The van der Waals surface area contributed by atoms with Gasteiger partial charge in [0.15, 0.2) is 0 Å². The van der Waals surface area contributed by atoms with E-state index in [2.05, 4.69) is 21.2 Å². The van der Waals surface area contributed by atoms with Gasteiger partial charge in [-0.05, 0) is 31.0 Å². The summed E-state index contributed by atoms with van der Waals surface area (Å²) in [5, 5.41) is 2.94. The Balaban J connectivity index is 2.98. The van der Waals surface area contributed by atoms with Crippen LogP contribution in [-0.2, 0) is 0 Å². The summed E-state index contributed by atoms with van der Waals surface area (Å²) in [6.45, 7) is 3.85. The van der Waals surface area contributed by atoms with E-state index in [1.807, 2.05) is 26.0 Å². The lowest BCUT2D eigenvalue weighted by molar-refractivity contribution is 0.0913. The smallest absolute Gasteiger partial charge is 0.252 e. The Bertz CT molecular complexity index is 425. The maximum atomic E-state index is 12.3. The summed E-state index contributed by atoms with van der Waals surface area (Å²) in [5.41, 5.74) is 0.996. The minimum Gasteiger partial charge on any atom is -0.344 e. The van der Waals surface area contributed by atoms with Gasteiger partial charge in [-0.3, -0.25) is 4.79 Å². The van der Waals surface area contributed by atoms with Crippen molar-refractivity contribution in [2.45, 2.75) is 25.8 Å². The molecule has 5 heteroatoms. The predicted molar refractivity (Wildman–Crippen MR) is 80.8 cm³/mol. The average molecular weight is 353 g/mol. The van der Waals surface area contributed by atoms with E-state index in [0.29, 0.717) is 23.7 Å². The van der Waals surface area contributed by atoms with Gasteiger partial charge in [-0.1, -0.05) is 28.9 Å². The third-order valence-electron chi connectivity index (χ3n) is 3.08. The number of alkyl halides is 2. The van der Waals surface area contributed by atoms with Crippen LogP contribution in [0.5, 0.6) is 0 Å². The molecule has 0 aliphatic heterocycles. The Hall–Kier alpha value is -0.250. The molecule has 0 saturated carbocycles. The van der Waals surface area contributed by atoms with Gasteiger partial charge in [0.05, 0.1) is 5.54 Å². The van der Waals surface area contributed by atoms with Crippen molar-refractivity contribution in [3.63, 3.8) is 0 Å². The molecule has 1 aromatic rings. The van der Waals surface area contributed by atoms with Crippen molar-refractivity contribution in [1.29, 1.82) is 0 Å². The van der Waals surface area contributed by atoms with E-state index in [1.165, 1.54) is 0 Å². The first-order chi connectivity index (χ1) is 8.49. The summed E-state index contributed by atoms with van der Waals surface area (Å²) >= 11 is 15.3. The summed E-state index contributed by atoms with van der Waals surface area (Å²) < 4.78 is 0.911. The van der Waals surface area contributed by atoms with E-state index in [1.54, 1.807) is 6.07 Å². The normalized spacial score (nSPS) is 11.4. The third-order valence-corrected chi connectivity index (χ3v) is 4.96. The lowest BCUT2D eigenvalue weighted by atomic mass is 9.99. The number of rotatable bonds is 5. The molecule has 0 aromatic heterocycles. The van der Waals surface area contributed by atoms with Gasteiger partial charge in [0.2, 0.25) is 0 Å². The number of benzene rings is 1. The van der Waals surface area contributed by atoms with Crippen molar-refractivity contribution in [2.24, 2.45) is 0 Å². The fourth-order valence-corrected chi connectivity index (χ4v) is 2.71. The van der Waals surface area contributed by atoms with E-state index in [0.717, 1.165) is 10.0 Å². The zero-order valence-electron chi connectivity index (χ0n) is 10.4. The van der Waals surface area contributed by atoms with Gasteiger partial charge >= 0.3 is 0 Å². The van der Waals surface area contributed by atoms with Crippen LogP contribution in [-0.4, -0.2) is 23.2 Å². The largest absolute Gasteiger partial charge is 0.344 e. The summed E-state index contributed by atoms with van der Waals surface area (Å²) in [5.74, 6) is 0.453. The predicted octanol–water partition coefficient (Wildman–Crippen LogP) is 4.11. The van der Waals surface area contributed by atoms with E-state index < -0.39 is 5.54 Å². The van der Waals surface area contributed by atoms with Crippen LogP contribution < -0.4 is 5.32 Å². The van der Waals surface area contributed by atoms with Gasteiger partial charge in [0.25, 0.3) is 5.91 Å². The Morgan fingerprint density at radius 1 is 1.39 bits per heavy atom. The molecule has 100 valence electrons. The monoisotopic (exact) mass is 351 g/mol.